The van der Waals surface area contributed by atoms with E-state index in [-0.39, 0.29) is 34.2 Å². The number of hydrogen-bond acceptors (Lipinski definition) is 4. The van der Waals surface area contributed by atoms with E-state index in [9.17, 15) is 8.42 Å². The summed E-state index contributed by atoms with van der Waals surface area (Å²) in [5, 5.41) is 8.56. The number of nitrogens with one attached hydrogen (secondary N) is 1. The van der Waals surface area contributed by atoms with Crippen molar-refractivity contribution in [3.8, 4) is 11.8 Å². The van der Waals surface area contributed by atoms with E-state index in [1.54, 1.807) is 6.92 Å². The first kappa shape index (κ1) is 18.2. The Morgan fingerprint density at radius 3 is 2.43 bits per heavy atom. The Kier molecular flexibility index (Phi) is 6.94. The molecule has 0 saturated carbocycles. The summed E-state index contributed by atoms with van der Waals surface area (Å²) >= 11 is 12.0. The molecule has 0 radical (unpaired) electrons. The van der Waals surface area contributed by atoms with Crippen molar-refractivity contribution in [1.29, 1.82) is 0 Å². The third-order valence-electron chi connectivity index (χ3n) is 2.54. The second kappa shape index (κ2) is 7.99. The number of sulfonamides is 1. The first-order valence-electron chi connectivity index (χ1n) is 5.93. The molecule has 21 heavy (non-hydrogen) atoms. The molecular weight excluding hydrogens is 337 g/mol. The summed E-state index contributed by atoms with van der Waals surface area (Å²) in [5.41, 5.74) is 0.420. The van der Waals surface area contributed by atoms with E-state index >= 15 is 0 Å². The Balaban J connectivity index is 3.13. The number of methoxy groups -OCH3 is 1. The second-order valence-electron chi connectivity index (χ2n) is 4.13. The van der Waals surface area contributed by atoms with Crippen LogP contribution in [0.4, 0.5) is 0 Å². The van der Waals surface area contributed by atoms with Gasteiger partial charge < -0.3 is 9.84 Å². The third kappa shape index (κ3) is 5.15. The first-order chi connectivity index (χ1) is 9.81. The molecule has 0 saturated heterocycles. The molecule has 116 valence electrons. The molecule has 0 aliphatic carbocycles. The fourth-order valence-electron chi connectivity index (χ4n) is 1.41. The number of halogens is 2. The van der Waals surface area contributed by atoms with Crippen molar-refractivity contribution in [2.75, 3.05) is 20.3 Å². The minimum atomic E-state index is -3.86. The van der Waals surface area contributed by atoms with Gasteiger partial charge in [0.1, 0.15) is 11.5 Å². The van der Waals surface area contributed by atoms with Crippen LogP contribution >= 0.6 is 23.2 Å². The lowest BCUT2D eigenvalue weighted by molar-refractivity contribution is 0.122. The van der Waals surface area contributed by atoms with Crippen LogP contribution in [0.25, 0.3) is 0 Å². The largest absolute Gasteiger partial charge is 0.384 e. The molecule has 0 spiro atoms. The number of aliphatic hydroxyl groups excluding tert-OH is 1. The maximum Gasteiger partial charge on any atom is 0.243 e. The molecule has 5 nitrogen and oxygen atoms in total. The molecule has 0 heterocycles. The lowest BCUT2D eigenvalue weighted by Gasteiger charge is -2.13. The summed E-state index contributed by atoms with van der Waals surface area (Å²) in [4.78, 5) is -0.205. The van der Waals surface area contributed by atoms with Crippen LogP contribution in [0.5, 0.6) is 0 Å². The normalized spacial score (nSPS) is 12.6. The molecule has 1 aromatic carbocycles. The molecule has 1 atom stereocenters. The van der Waals surface area contributed by atoms with Gasteiger partial charge in [0.05, 0.1) is 16.1 Å². The van der Waals surface area contributed by atoms with Gasteiger partial charge in [0.15, 0.2) is 0 Å². The molecule has 1 rings (SSSR count). The Hall–Kier alpha value is -0.810. The summed E-state index contributed by atoms with van der Waals surface area (Å²) in [6.45, 7) is 1.50. The van der Waals surface area contributed by atoms with Crippen molar-refractivity contribution < 1.29 is 18.3 Å². The first-order valence-corrected chi connectivity index (χ1v) is 8.17. The molecule has 0 aliphatic rings. The molecule has 0 aliphatic heterocycles. The Labute approximate surface area is 134 Å². The van der Waals surface area contributed by atoms with Crippen LogP contribution in [0.3, 0.4) is 0 Å². The van der Waals surface area contributed by atoms with Gasteiger partial charge in [0.2, 0.25) is 10.0 Å². The SMILES string of the molecule is COC(C)CNS(=O)(=O)c1c(Cl)cc(C#CCO)cc1Cl. The van der Waals surface area contributed by atoms with Gasteiger partial charge in [-0.15, -0.1) is 0 Å². The predicted molar refractivity (Wildman–Crippen MR) is 82.1 cm³/mol. The van der Waals surface area contributed by atoms with E-state index in [1.807, 2.05) is 0 Å². The topological polar surface area (TPSA) is 75.6 Å². The summed E-state index contributed by atoms with van der Waals surface area (Å²) < 4.78 is 31.8. The average molecular weight is 352 g/mol. The lowest BCUT2D eigenvalue weighted by Crippen LogP contribution is -2.32. The van der Waals surface area contributed by atoms with Gasteiger partial charge in [0.25, 0.3) is 0 Å². The number of aliphatic hydroxyl groups is 1. The molecule has 0 bridgehead atoms. The molecule has 8 heteroatoms. The van der Waals surface area contributed by atoms with Crippen molar-refractivity contribution in [1.82, 2.24) is 4.72 Å². The highest BCUT2D eigenvalue weighted by Gasteiger charge is 2.22. The van der Waals surface area contributed by atoms with E-state index in [1.165, 1.54) is 19.2 Å². The van der Waals surface area contributed by atoms with Gasteiger partial charge in [-0.2, -0.15) is 0 Å². The minimum absolute atomic E-state index is 0.0395. The van der Waals surface area contributed by atoms with Gasteiger partial charge >= 0.3 is 0 Å². The van der Waals surface area contributed by atoms with Gasteiger partial charge in [-0.25, -0.2) is 13.1 Å². The Morgan fingerprint density at radius 1 is 1.38 bits per heavy atom. The van der Waals surface area contributed by atoms with E-state index in [4.69, 9.17) is 33.0 Å². The molecular formula is C13H15Cl2NO4S. The number of hydrogen-bond donors (Lipinski definition) is 2. The van der Waals surface area contributed by atoms with E-state index < -0.39 is 10.0 Å². The van der Waals surface area contributed by atoms with Crippen LogP contribution in [0.2, 0.25) is 10.0 Å². The second-order valence-corrected chi connectivity index (χ2v) is 6.65. The zero-order valence-corrected chi connectivity index (χ0v) is 13.8. The fraction of sp³-hybridized carbons (Fsp3) is 0.385. The van der Waals surface area contributed by atoms with Gasteiger partial charge in [-0.3, -0.25) is 0 Å². The maximum atomic E-state index is 12.2. The molecule has 1 unspecified atom stereocenters. The maximum absolute atomic E-state index is 12.2. The Morgan fingerprint density at radius 2 is 1.95 bits per heavy atom. The van der Waals surface area contributed by atoms with Crippen molar-refractivity contribution in [2.45, 2.75) is 17.9 Å². The van der Waals surface area contributed by atoms with Gasteiger partial charge in [-0.1, -0.05) is 35.0 Å². The predicted octanol–water partition coefficient (Wildman–Crippen LogP) is 1.65. The van der Waals surface area contributed by atoms with Crippen LogP contribution in [0, 0.1) is 11.8 Å². The van der Waals surface area contributed by atoms with Crippen molar-refractivity contribution in [3.63, 3.8) is 0 Å². The van der Waals surface area contributed by atoms with Gasteiger partial charge in [0, 0.05) is 19.2 Å². The minimum Gasteiger partial charge on any atom is -0.384 e. The number of benzene rings is 1. The highest BCUT2D eigenvalue weighted by atomic mass is 35.5. The fourth-order valence-corrected chi connectivity index (χ4v) is 3.74. The van der Waals surface area contributed by atoms with Gasteiger partial charge in [-0.05, 0) is 19.1 Å². The summed E-state index contributed by atoms with van der Waals surface area (Å²) in [5.74, 6) is 5.04. The van der Waals surface area contributed by atoms with Crippen LogP contribution in [-0.2, 0) is 14.8 Å². The number of ether oxygens (including phenoxy) is 1. The van der Waals surface area contributed by atoms with Crippen LogP contribution in [0.15, 0.2) is 17.0 Å². The van der Waals surface area contributed by atoms with Crippen LogP contribution in [0.1, 0.15) is 12.5 Å². The Bertz CT molecular complexity index is 641. The monoisotopic (exact) mass is 351 g/mol. The molecule has 0 amide bonds. The van der Waals surface area contributed by atoms with Crippen LogP contribution in [-0.4, -0.2) is 39.9 Å². The zero-order chi connectivity index (χ0) is 16.0. The van der Waals surface area contributed by atoms with Crippen LogP contribution < -0.4 is 4.72 Å². The third-order valence-corrected chi connectivity index (χ3v) is 4.89. The highest BCUT2D eigenvalue weighted by Crippen LogP contribution is 2.30. The number of rotatable bonds is 5. The zero-order valence-electron chi connectivity index (χ0n) is 11.5. The van der Waals surface area contributed by atoms with E-state index in [0.29, 0.717) is 5.56 Å². The van der Waals surface area contributed by atoms with Crippen molar-refractivity contribution in [2.24, 2.45) is 0 Å². The van der Waals surface area contributed by atoms with E-state index in [2.05, 4.69) is 16.6 Å². The lowest BCUT2D eigenvalue weighted by atomic mass is 10.2. The van der Waals surface area contributed by atoms with Crippen molar-refractivity contribution >= 4 is 33.2 Å². The summed E-state index contributed by atoms with van der Waals surface area (Å²) in [7, 11) is -2.38. The van der Waals surface area contributed by atoms with E-state index in [0.717, 1.165) is 0 Å². The average Bonchev–Trinajstić information content (AvgIpc) is 2.41. The molecule has 0 fully saturated rings. The standard InChI is InChI=1S/C13H15Cl2NO4S/c1-9(20-2)8-16-21(18,19)13-11(14)6-10(4-3-5-17)7-12(13)15/h6-7,9,16-17H,5,8H2,1-2H3. The quantitative estimate of drug-likeness (QED) is 0.791. The molecule has 2 N–H and O–H groups in total. The summed E-state index contributed by atoms with van der Waals surface area (Å²) in [6, 6.07) is 2.76. The highest BCUT2D eigenvalue weighted by molar-refractivity contribution is 7.89. The van der Waals surface area contributed by atoms with Crippen molar-refractivity contribution in [3.05, 3.63) is 27.7 Å². The molecule has 1 aromatic rings. The molecule has 0 aromatic heterocycles. The smallest absolute Gasteiger partial charge is 0.243 e. The summed E-state index contributed by atoms with van der Waals surface area (Å²) in [6.07, 6.45) is -0.285.